The lowest BCUT2D eigenvalue weighted by Gasteiger charge is -2.10. The van der Waals surface area contributed by atoms with E-state index in [0.717, 1.165) is 12.2 Å². The number of hydrogen-bond donors (Lipinski definition) is 0. The van der Waals surface area contributed by atoms with Crippen molar-refractivity contribution < 1.29 is 19.2 Å². The van der Waals surface area contributed by atoms with Gasteiger partial charge < -0.3 is 4.84 Å². The van der Waals surface area contributed by atoms with Gasteiger partial charge >= 0.3 is 5.97 Å². The molecule has 0 fully saturated rings. The maximum absolute atomic E-state index is 10.8. The lowest BCUT2D eigenvalue weighted by Crippen LogP contribution is -2.32. The van der Waals surface area contributed by atoms with Crippen molar-refractivity contribution in [3.63, 3.8) is 0 Å². The van der Waals surface area contributed by atoms with Gasteiger partial charge in [0.05, 0.1) is 0 Å². The van der Waals surface area contributed by atoms with Gasteiger partial charge in [-0.05, 0) is 0 Å². The summed E-state index contributed by atoms with van der Waals surface area (Å²) < 4.78 is 0. The van der Waals surface area contributed by atoms with Crippen LogP contribution in [0.5, 0.6) is 0 Å². The number of carbonyl (C=O) groups excluding carboxylic acids is 3. The summed E-state index contributed by atoms with van der Waals surface area (Å²) in [5.74, 6) is -1.86. The van der Waals surface area contributed by atoms with E-state index in [1.165, 1.54) is 0 Å². The van der Waals surface area contributed by atoms with Crippen molar-refractivity contribution in [2.75, 3.05) is 0 Å². The maximum atomic E-state index is 10.8. The van der Waals surface area contributed by atoms with Crippen molar-refractivity contribution in [1.82, 2.24) is 5.06 Å². The minimum Gasteiger partial charge on any atom is -0.330 e. The molecule has 0 atom stereocenters. The molecular weight excluding hydrogens is 186 g/mol. The summed E-state index contributed by atoms with van der Waals surface area (Å²) in [6, 6.07) is 0. The zero-order valence-corrected chi connectivity index (χ0v) is 8.44. The molecule has 78 valence electrons. The molecule has 2 amide bonds. The zero-order valence-electron chi connectivity index (χ0n) is 8.44. The number of carbonyl (C=O) groups is 3. The molecule has 0 saturated carbocycles. The molecule has 0 N–H and O–H groups in total. The first-order chi connectivity index (χ1) is 6.65. The standard InChI is InChI=1S/C7H7NO4.C2H6/c1-2-7(11)12-8-5(9)3-4-6(8)10;1-2/h3-4H,2H2,1H3;1-2H3. The van der Waals surface area contributed by atoms with E-state index in [1.54, 1.807) is 6.92 Å². The number of imide groups is 1. The van der Waals surface area contributed by atoms with E-state index < -0.39 is 17.8 Å². The second-order valence-corrected chi connectivity index (χ2v) is 2.12. The van der Waals surface area contributed by atoms with Gasteiger partial charge in [0.25, 0.3) is 11.8 Å². The predicted molar refractivity (Wildman–Crippen MR) is 48.7 cm³/mol. The fourth-order valence-electron chi connectivity index (χ4n) is 0.643. The minimum absolute atomic E-state index is 0.122. The minimum atomic E-state index is -0.623. The Balaban J connectivity index is 0.000000791. The van der Waals surface area contributed by atoms with Crippen LogP contribution in [0.15, 0.2) is 12.2 Å². The third kappa shape index (κ3) is 3.01. The molecule has 0 radical (unpaired) electrons. The van der Waals surface area contributed by atoms with Crippen molar-refractivity contribution in [2.45, 2.75) is 27.2 Å². The van der Waals surface area contributed by atoms with Crippen LogP contribution in [0.4, 0.5) is 0 Å². The van der Waals surface area contributed by atoms with Gasteiger partial charge in [0, 0.05) is 18.6 Å². The van der Waals surface area contributed by atoms with Gasteiger partial charge in [0.15, 0.2) is 0 Å². The summed E-state index contributed by atoms with van der Waals surface area (Å²) in [6.07, 6.45) is 2.22. The van der Waals surface area contributed by atoms with E-state index in [4.69, 9.17) is 0 Å². The van der Waals surface area contributed by atoms with Crippen molar-refractivity contribution in [3.8, 4) is 0 Å². The summed E-state index contributed by atoms with van der Waals surface area (Å²) in [7, 11) is 0. The molecule has 0 aromatic carbocycles. The van der Waals surface area contributed by atoms with E-state index in [-0.39, 0.29) is 6.42 Å². The van der Waals surface area contributed by atoms with Crippen LogP contribution in [0.3, 0.4) is 0 Å². The summed E-state index contributed by atoms with van der Waals surface area (Å²) >= 11 is 0. The predicted octanol–water partition coefficient (Wildman–Crippen LogP) is 0.806. The smallest absolute Gasteiger partial charge is 0.330 e. The lowest BCUT2D eigenvalue weighted by atomic mass is 10.5. The van der Waals surface area contributed by atoms with Crippen LogP contribution in [0.2, 0.25) is 0 Å². The molecule has 14 heavy (non-hydrogen) atoms. The summed E-state index contributed by atoms with van der Waals surface area (Å²) in [4.78, 5) is 36.6. The fourth-order valence-corrected chi connectivity index (χ4v) is 0.643. The summed E-state index contributed by atoms with van der Waals surface area (Å²) in [5, 5.41) is 0.436. The van der Waals surface area contributed by atoms with Crippen molar-refractivity contribution >= 4 is 17.8 Å². The Bertz CT molecular complexity index is 252. The molecule has 5 nitrogen and oxygen atoms in total. The Kier molecular flexibility index (Phi) is 5.21. The van der Waals surface area contributed by atoms with Gasteiger partial charge in [0.2, 0.25) is 0 Å². The zero-order chi connectivity index (χ0) is 11.1. The van der Waals surface area contributed by atoms with Crippen molar-refractivity contribution in [3.05, 3.63) is 12.2 Å². The van der Waals surface area contributed by atoms with Gasteiger partial charge in [-0.2, -0.15) is 0 Å². The first-order valence-corrected chi connectivity index (χ1v) is 4.42. The molecule has 1 aliphatic rings. The topological polar surface area (TPSA) is 63.7 Å². The second kappa shape index (κ2) is 5.90. The molecular formula is C9H13NO4. The molecule has 5 heteroatoms. The first-order valence-electron chi connectivity index (χ1n) is 4.42. The van der Waals surface area contributed by atoms with E-state index in [0.29, 0.717) is 5.06 Å². The normalized spacial score (nSPS) is 13.8. The number of hydrogen-bond acceptors (Lipinski definition) is 4. The van der Waals surface area contributed by atoms with Crippen LogP contribution < -0.4 is 0 Å². The van der Waals surface area contributed by atoms with Crippen LogP contribution in [0.25, 0.3) is 0 Å². The summed E-state index contributed by atoms with van der Waals surface area (Å²) in [5.41, 5.74) is 0. The van der Waals surface area contributed by atoms with Crippen molar-refractivity contribution in [1.29, 1.82) is 0 Å². The molecule has 1 heterocycles. The van der Waals surface area contributed by atoms with Gasteiger partial charge in [-0.1, -0.05) is 25.8 Å². The average molecular weight is 199 g/mol. The Morgan fingerprint density at radius 2 is 1.71 bits per heavy atom. The lowest BCUT2D eigenvalue weighted by molar-refractivity contribution is -0.195. The quantitative estimate of drug-likeness (QED) is 0.617. The van der Waals surface area contributed by atoms with E-state index in [2.05, 4.69) is 4.84 Å². The second-order valence-electron chi connectivity index (χ2n) is 2.12. The highest BCUT2D eigenvalue weighted by molar-refractivity contribution is 6.12. The van der Waals surface area contributed by atoms with E-state index in [1.807, 2.05) is 13.8 Å². The molecule has 0 aliphatic carbocycles. The molecule has 0 aromatic heterocycles. The molecule has 0 aromatic rings. The van der Waals surface area contributed by atoms with E-state index >= 15 is 0 Å². The number of hydroxylamine groups is 2. The Labute approximate surface area is 82.3 Å². The first kappa shape index (κ1) is 12.3. The highest BCUT2D eigenvalue weighted by atomic mass is 16.7. The third-order valence-electron chi connectivity index (χ3n) is 1.25. The number of amides is 2. The van der Waals surface area contributed by atoms with Crippen LogP contribution in [-0.2, 0) is 19.2 Å². The van der Waals surface area contributed by atoms with Crippen LogP contribution in [0, 0.1) is 0 Å². The maximum Gasteiger partial charge on any atom is 0.332 e. The van der Waals surface area contributed by atoms with E-state index in [9.17, 15) is 14.4 Å². The van der Waals surface area contributed by atoms with Crippen LogP contribution in [0.1, 0.15) is 27.2 Å². The van der Waals surface area contributed by atoms with Crippen LogP contribution in [-0.4, -0.2) is 22.8 Å². The number of nitrogens with zero attached hydrogens (tertiary/aromatic N) is 1. The fraction of sp³-hybridized carbons (Fsp3) is 0.444. The van der Waals surface area contributed by atoms with Gasteiger partial charge in [-0.15, -0.1) is 0 Å². The monoisotopic (exact) mass is 199 g/mol. The van der Waals surface area contributed by atoms with Gasteiger partial charge in [-0.3, -0.25) is 9.59 Å². The van der Waals surface area contributed by atoms with Crippen molar-refractivity contribution in [2.24, 2.45) is 0 Å². The molecule has 0 bridgehead atoms. The molecule has 0 unspecified atom stereocenters. The Morgan fingerprint density at radius 3 is 2.07 bits per heavy atom. The van der Waals surface area contributed by atoms with Gasteiger partial charge in [-0.25, -0.2) is 4.79 Å². The highest BCUT2D eigenvalue weighted by Crippen LogP contribution is 2.04. The van der Waals surface area contributed by atoms with Gasteiger partial charge in [0.1, 0.15) is 0 Å². The molecule has 1 rings (SSSR count). The Morgan fingerprint density at radius 1 is 1.29 bits per heavy atom. The molecule has 0 spiro atoms. The highest BCUT2D eigenvalue weighted by Gasteiger charge is 2.27. The van der Waals surface area contributed by atoms with Crippen LogP contribution >= 0.6 is 0 Å². The largest absolute Gasteiger partial charge is 0.332 e. The molecule has 1 aliphatic heterocycles. The summed E-state index contributed by atoms with van der Waals surface area (Å²) in [6.45, 7) is 5.57. The number of rotatable bonds is 2. The third-order valence-corrected chi connectivity index (χ3v) is 1.25. The average Bonchev–Trinajstić information content (AvgIpc) is 2.52. The Hall–Kier alpha value is -1.65. The molecule has 0 saturated heterocycles. The SMILES string of the molecule is CC.CCC(=O)ON1C(=O)C=CC1=O.